The molecular weight excluding hydrogens is 206 g/mol. The van der Waals surface area contributed by atoms with Crippen LogP contribution < -0.4 is 0 Å². The lowest BCUT2D eigenvalue weighted by Crippen LogP contribution is -1.80. The Balaban J connectivity index is 0.000000686. The van der Waals surface area contributed by atoms with Gasteiger partial charge in [0.1, 0.15) is 0 Å². The minimum atomic E-state index is 0.700. The molecule has 0 amide bonds. The van der Waals surface area contributed by atoms with Crippen molar-refractivity contribution in [3.63, 3.8) is 0 Å². The van der Waals surface area contributed by atoms with Crippen molar-refractivity contribution in [3.05, 3.63) is 59.7 Å². The van der Waals surface area contributed by atoms with E-state index in [1.54, 1.807) is 0 Å². The summed E-state index contributed by atoms with van der Waals surface area (Å²) >= 11 is 0. The van der Waals surface area contributed by atoms with E-state index in [0.29, 0.717) is 5.56 Å². The van der Waals surface area contributed by atoms with Crippen molar-refractivity contribution in [2.24, 2.45) is 0 Å². The van der Waals surface area contributed by atoms with Crippen molar-refractivity contribution in [3.8, 4) is 17.2 Å². The van der Waals surface area contributed by atoms with E-state index < -0.39 is 0 Å². The van der Waals surface area contributed by atoms with Crippen molar-refractivity contribution >= 4 is 0 Å². The molecule has 0 radical (unpaired) electrons. The highest BCUT2D eigenvalue weighted by Crippen LogP contribution is 2.20. The first kappa shape index (κ1) is 13.0. The monoisotopic (exact) mass is 223 g/mol. The third kappa shape index (κ3) is 3.46. The summed E-state index contributed by atoms with van der Waals surface area (Å²) in [6, 6.07) is 18.1. The fourth-order valence-electron chi connectivity index (χ4n) is 1.56. The molecule has 1 nitrogen and oxygen atoms in total. The summed E-state index contributed by atoms with van der Waals surface area (Å²) in [5.41, 5.74) is 4.29. The van der Waals surface area contributed by atoms with Crippen LogP contribution in [0.3, 0.4) is 0 Å². The van der Waals surface area contributed by atoms with Gasteiger partial charge in [-0.05, 0) is 30.2 Å². The standard InChI is InChI=1S/C14H11N.C2H6/c1-11-3-2-4-14(9-11)13-7-5-12(10-15)6-8-13;1-2/h2-9H,1H3;1-2H3. The molecule has 0 atom stereocenters. The predicted octanol–water partition coefficient (Wildman–Crippen LogP) is 4.56. The van der Waals surface area contributed by atoms with Gasteiger partial charge < -0.3 is 0 Å². The van der Waals surface area contributed by atoms with Gasteiger partial charge in [-0.1, -0.05) is 55.8 Å². The number of nitrogens with zero attached hydrogens (tertiary/aromatic N) is 1. The number of aryl methyl sites for hydroxylation is 1. The van der Waals surface area contributed by atoms with Gasteiger partial charge in [-0.2, -0.15) is 5.26 Å². The van der Waals surface area contributed by atoms with Gasteiger partial charge in [-0.3, -0.25) is 0 Å². The average molecular weight is 223 g/mol. The highest BCUT2D eigenvalue weighted by Gasteiger charge is 1.97. The molecule has 2 rings (SSSR count). The zero-order valence-electron chi connectivity index (χ0n) is 10.6. The predicted molar refractivity (Wildman–Crippen MR) is 72.7 cm³/mol. The molecule has 0 fully saturated rings. The molecule has 0 aliphatic carbocycles. The minimum Gasteiger partial charge on any atom is -0.192 e. The quantitative estimate of drug-likeness (QED) is 0.695. The van der Waals surface area contributed by atoms with Gasteiger partial charge in [-0.15, -0.1) is 0 Å². The zero-order valence-corrected chi connectivity index (χ0v) is 10.6. The van der Waals surface area contributed by atoms with Crippen LogP contribution in [0.5, 0.6) is 0 Å². The minimum absolute atomic E-state index is 0.700. The van der Waals surface area contributed by atoms with Gasteiger partial charge in [0.2, 0.25) is 0 Å². The molecule has 17 heavy (non-hydrogen) atoms. The summed E-state index contributed by atoms with van der Waals surface area (Å²) in [5, 5.41) is 8.69. The molecule has 0 spiro atoms. The van der Waals surface area contributed by atoms with Crippen molar-refractivity contribution in [2.45, 2.75) is 20.8 Å². The van der Waals surface area contributed by atoms with Gasteiger partial charge in [0.15, 0.2) is 0 Å². The van der Waals surface area contributed by atoms with Crippen LogP contribution in [0.1, 0.15) is 25.0 Å². The van der Waals surface area contributed by atoms with E-state index in [4.69, 9.17) is 5.26 Å². The number of benzene rings is 2. The highest BCUT2D eigenvalue weighted by atomic mass is 14.2. The molecular formula is C16H17N. The van der Waals surface area contributed by atoms with E-state index in [0.717, 1.165) is 5.56 Å². The van der Waals surface area contributed by atoms with Gasteiger partial charge >= 0.3 is 0 Å². The van der Waals surface area contributed by atoms with Crippen LogP contribution in [-0.2, 0) is 0 Å². The second kappa shape index (κ2) is 6.50. The van der Waals surface area contributed by atoms with Crippen molar-refractivity contribution in [1.82, 2.24) is 0 Å². The molecule has 1 heteroatoms. The van der Waals surface area contributed by atoms with Crippen LogP contribution in [0.4, 0.5) is 0 Å². The fraction of sp³-hybridized carbons (Fsp3) is 0.188. The van der Waals surface area contributed by atoms with Crippen LogP contribution in [-0.4, -0.2) is 0 Å². The summed E-state index contributed by atoms with van der Waals surface area (Å²) in [6.45, 7) is 6.08. The van der Waals surface area contributed by atoms with Crippen LogP contribution in [0, 0.1) is 18.3 Å². The normalized spacial score (nSPS) is 8.82. The van der Waals surface area contributed by atoms with Crippen molar-refractivity contribution < 1.29 is 0 Å². The molecule has 0 N–H and O–H groups in total. The Morgan fingerprint density at radius 3 is 2.06 bits per heavy atom. The third-order valence-electron chi connectivity index (χ3n) is 2.37. The lowest BCUT2D eigenvalue weighted by atomic mass is 10.0. The van der Waals surface area contributed by atoms with Gasteiger partial charge in [0, 0.05) is 0 Å². The topological polar surface area (TPSA) is 23.8 Å². The molecule has 0 heterocycles. The molecule has 0 unspecified atom stereocenters. The zero-order chi connectivity index (χ0) is 12.7. The Morgan fingerprint density at radius 1 is 0.882 bits per heavy atom. The molecule has 2 aromatic rings. The van der Waals surface area contributed by atoms with E-state index in [9.17, 15) is 0 Å². The summed E-state index contributed by atoms with van der Waals surface area (Å²) < 4.78 is 0. The van der Waals surface area contributed by atoms with Crippen molar-refractivity contribution in [2.75, 3.05) is 0 Å². The van der Waals surface area contributed by atoms with Gasteiger partial charge in [-0.25, -0.2) is 0 Å². The first-order valence-corrected chi connectivity index (χ1v) is 5.87. The molecule has 0 saturated heterocycles. The molecule has 2 aromatic carbocycles. The van der Waals surface area contributed by atoms with E-state index in [1.807, 2.05) is 44.2 Å². The largest absolute Gasteiger partial charge is 0.192 e. The Bertz CT molecular complexity index is 504. The first-order chi connectivity index (χ1) is 8.29. The van der Waals surface area contributed by atoms with Crippen LogP contribution in [0.15, 0.2) is 48.5 Å². The molecule has 0 aliphatic rings. The second-order valence-corrected chi connectivity index (χ2v) is 3.56. The lowest BCUT2D eigenvalue weighted by Gasteiger charge is -2.02. The Labute approximate surface area is 103 Å². The summed E-state index contributed by atoms with van der Waals surface area (Å²) in [7, 11) is 0. The summed E-state index contributed by atoms with van der Waals surface area (Å²) in [6.07, 6.45) is 0. The molecule has 0 aromatic heterocycles. The Hall–Kier alpha value is -2.07. The van der Waals surface area contributed by atoms with Crippen LogP contribution in [0.2, 0.25) is 0 Å². The smallest absolute Gasteiger partial charge is 0.0991 e. The first-order valence-electron chi connectivity index (χ1n) is 5.87. The Morgan fingerprint density at radius 2 is 1.53 bits per heavy atom. The maximum atomic E-state index is 8.69. The lowest BCUT2D eigenvalue weighted by molar-refractivity contribution is 1.46. The molecule has 0 aliphatic heterocycles. The SMILES string of the molecule is CC.Cc1cccc(-c2ccc(C#N)cc2)c1. The van der Waals surface area contributed by atoms with E-state index in [2.05, 4.69) is 31.2 Å². The summed E-state index contributed by atoms with van der Waals surface area (Å²) in [4.78, 5) is 0. The number of hydrogen-bond acceptors (Lipinski definition) is 1. The maximum Gasteiger partial charge on any atom is 0.0991 e. The van der Waals surface area contributed by atoms with Gasteiger partial charge in [0.25, 0.3) is 0 Å². The number of nitriles is 1. The van der Waals surface area contributed by atoms with Crippen LogP contribution in [0.25, 0.3) is 11.1 Å². The van der Waals surface area contributed by atoms with E-state index in [-0.39, 0.29) is 0 Å². The van der Waals surface area contributed by atoms with E-state index in [1.165, 1.54) is 11.1 Å². The average Bonchev–Trinajstić information content (AvgIpc) is 2.41. The second-order valence-electron chi connectivity index (χ2n) is 3.56. The van der Waals surface area contributed by atoms with Crippen molar-refractivity contribution in [1.29, 1.82) is 5.26 Å². The molecule has 0 saturated carbocycles. The third-order valence-corrected chi connectivity index (χ3v) is 2.37. The number of rotatable bonds is 1. The number of hydrogen-bond donors (Lipinski definition) is 0. The van der Waals surface area contributed by atoms with Crippen LogP contribution >= 0.6 is 0 Å². The fourth-order valence-corrected chi connectivity index (χ4v) is 1.56. The maximum absolute atomic E-state index is 8.69. The Kier molecular flexibility index (Phi) is 4.97. The van der Waals surface area contributed by atoms with Gasteiger partial charge in [0.05, 0.1) is 11.6 Å². The summed E-state index contributed by atoms with van der Waals surface area (Å²) in [5.74, 6) is 0. The molecule has 0 bridgehead atoms. The highest BCUT2D eigenvalue weighted by molar-refractivity contribution is 5.64. The van der Waals surface area contributed by atoms with E-state index >= 15 is 0 Å². The molecule has 86 valence electrons.